The van der Waals surface area contributed by atoms with Gasteiger partial charge in [-0.05, 0) is 6.07 Å². The number of halogens is 1. The highest BCUT2D eigenvalue weighted by atomic mass is 79.9. The zero-order chi connectivity index (χ0) is 13.7. The van der Waals surface area contributed by atoms with Crippen LogP contribution in [0.25, 0.3) is 0 Å². The smallest absolute Gasteiger partial charge is 0.277 e. The van der Waals surface area contributed by atoms with E-state index < -0.39 is 4.92 Å². The molecule has 18 heavy (non-hydrogen) atoms. The molecule has 0 radical (unpaired) electrons. The molecule has 2 N–H and O–H groups in total. The van der Waals surface area contributed by atoms with Crippen LogP contribution in [0.5, 0.6) is 11.5 Å². The number of nitrogens with zero attached hydrogens (tertiary/aromatic N) is 1. The first-order valence-corrected chi connectivity index (χ1v) is 5.80. The highest BCUT2D eigenvalue weighted by molar-refractivity contribution is 9.11. The van der Waals surface area contributed by atoms with Crippen LogP contribution >= 0.6 is 15.9 Å². The second-order valence-electron chi connectivity index (χ2n) is 3.40. The van der Waals surface area contributed by atoms with Crippen molar-refractivity contribution in [2.24, 2.45) is 5.73 Å². The first-order valence-electron chi connectivity index (χ1n) is 5.01. The van der Waals surface area contributed by atoms with Gasteiger partial charge < -0.3 is 15.2 Å². The molecule has 0 aliphatic heterocycles. The van der Waals surface area contributed by atoms with Crippen LogP contribution in [0.2, 0.25) is 0 Å². The maximum atomic E-state index is 10.9. The van der Waals surface area contributed by atoms with Gasteiger partial charge in [-0.3, -0.25) is 10.1 Å². The van der Waals surface area contributed by atoms with Crippen LogP contribution in [0, 0.1) is 10.1 Å². The van der Waals surface area contributed by atoms with Crippen LogP contribution in [-0.2, 0) is 6.54 Å². The third-order valence-corrected chi connectivity index (χ3v) is 2.39. The summed E-state index contributed by atoms with van der Waals surface area (Å²) < 4.78 is 11.1. The molecule has 0 saturated carbocycles. The van der Waals surface area contributed by atoms with Gasteiger partial charge in [0.25, 0.3) is 5.69 Å². The minimum Gasteiger partial charge on any atom is -0.493 e. The Morgan fingerprint density at radius 2 is 2.22 bits per heavy atom. The number of hydrogen-bond acceptors (Lipinski definition) is 5. The lowest BCUT2D eigenvalue weighted by atomic mass is 10.1. The first kappa shape index (κ1) is 14.5. The van der Waals surface area contributed by atoms with Gasteiger partial charge in [-0.15, -0.1) is 0 Å². The molecular weight excluding hydrogens is 304 g/mol. The Morgan fingerprint density at radius 3 is 2.67 bits per heavy atom. The topological polar surface area (TPSA) is 87.6 Å². The molecule has 0 aromatic heterocycles. The lowest BCUT2D eigenvalue weighted by Gasteiger charge is -2.11. The molecule has 1 aromatic rings. The minimum absolute atomic E-state index is 0.0537. The molecular formula is C11H13BrN2O4. The number of nitrogens with two attached hydrogens (primary N) is 1. The molecule has 0 fully saturated rings. The molecule has 0 atom stereocenters. The van der Waals surface area contributed by atoms with E-state index in [1.807, 2.05) is 0 Å². The fourth-order valence-electron chi connectivity index (χ4n) is 1.35. The molecule has 0 spiro atoms. The largest absolute Gasteiger partial charge is 0.493 e. The predicted octanol–water partition coefficient (Wildman–Crippen LogP) is 2.35. The Bertz CT molecular complexity index is 476. The highest BCUT2D eigenvalue weighted by Crippen LogP contribution is 2.34. The third kappa shape index (κ3) is 3.44. The lowest BCUT2D eigenvalue weighted by molar-refractivity contribution is -0.385. The summed E-state index contributed by atoms with van der Waals surface area (Å²) in [4.78, 5) is 10.4. The molecule has 0 bridgehead atoms. The molecule has 0 heterocycles. The summed E-state index contributed by atoms with van der Waals surface area (Å²) in [6.07, 6.45) is 0. The number of methoxy groups -OCH3 is 1. The van der Waals surface area contributed by atoms with Crippen LogP contribution in [0.15, 0.2) is 23.2 Å². The van der Waals surface area contributed by atoms with Crippen LogP contribution in [0.1, 0.15) is 5.56 Å². The lowest BCUT2D eigenvalue weighted by Crippen LogP contribution is -2.05. The van der Waals surface area contributed by atoms with Gasteiger partial charge in [-0.2, -0.15) is 0 Å². The van der Waals surface area contributed by atoms with Gasteiger partial charge in [0, 0.05) is 16.6 Å². The van der Waals surface area contributed by atoms with Gasteiger partial charge in [-0.1, -0.05) is 22.5 Å². The zero-order valence-electron chi connectivity index (χ0n) is 9.81. The van der Waals surface area contributed by atoms with E-state index in [0.717, 1.165) is 0 Å². The average molecular weight is 317 g/mol. The van der Waals surface area contributed by atoms with Crippen LogP contribution in [0.4, 0.5) is 5.69 Å². The van der Waals surface area contributed by atoms with E-state index in [9.17, 15) is 10.1 Å². The molecule has 0 saturated heterocycles. The number of nitro groups is 1. The van der Waals surface area contributed by atoms with Crippen LogP contribution in [0.3, 0.4) is 0 Å². The van der Waals surface area contributed by atoms with Crippen molar-refractivity contribution >= 4 is 21.6 Å². The Hall–Kier alpha value is -1.60. The molecule has 6 nitrogen and oxygen atoms in total. The molecule has 0 aliphatic carbocycles. The number of nitro benzene ring substituents is 1. The standard InChI is InChI=1S/C11H13BrN2O4/c1-7(12)6-18-11-4-9(14(15)16)8(5-13)3-10(11)17-2/h3-4H,1,5-6,13H2,2H3. The van der Waals surface area contributed by atoms with Crippen molar-refractivity contribution in [3.63, 3.8) is 0 Å². The van der Waals surface area contributed by atoms with Crippen LogP contribution < -0.4 is 15.2 Å². The summed E-state index contributed by atoms with van der Waals surface area (Å²) in [7, 11) is 1.46. The van der Waals surface area contributed by atoms with E-state index in [-0.39, 0.29) is 24.6 Å². The molecule has 7 heteroatoms. The third-order valence-electron chi connectivity index (χ3n) is 2.17. The van der Waals surface area contributed by atoms with Crippen molar-refractivity contribution in [3.8, 4) is 11.5 Å². The van der Waals surface area contributed by atoms with E-state index in [4.69, 9.17) is 15.2 Å². The van der Waals surface area contributed by atoms with Gasteiger partial charge >= 0.3 is 0 Å². The highest BCUT2D eigenvalue weighted by Gasteiger charge is 2.18. The van der Waals surface area contributed by atoms with Crippen molar-refractivity contribution in [2.45, 2.75) is 6.54 Å². The predicted molar refractivity (Wildman–Crippen MR) is 71.1 cm³/mol. The second-order valence-corrected chi connectivity index (χ2v) is 4.52. The SMILES string of the molecule is C=C(Br)COc1cc([N+](=O)[O-])c(CN)cc1OC. The van der Waals surface area contributed by atoms with Crippen LogP contribution in [-0.4, -0.2) is 18.6 Å². The van der Waals surface area contributed by atoms with Gasteiger partial charge in [0.05, 0.1) is 18.1 Å². The maximum absolute atomic E-state index is 10.9. The quantitative estimate of drug-likeness (QED) is 0.643. The van der Waals surface area contributed by atoms with Crippen molar-refractivity contribution in [1.82, 2.24) is 0 Å². The summed E-state index contributed by atoms with van der Waals surface area (Å²) in [5.41, 5.74) is 5.76. The Kier molecular flexibility index (Phi) is 5.11. The summed E-state index contributed by atoms with van der Waals surface area (Å²) in [5.74, 6) is 0.678. The molecule has 1 rings (SSSR count). The fourth-order valence-corrected chi connectivity index (χ4v) is 1.47. The maximum Gasteiger partial charge on any atom is 0.277 e. The normalized spacial score (nSPS) is 9.94. The Morgan fingerprint density at radius 1 is 1.56 bits per heavy atom. The second kappa shape index (κ2) is 6.36. The number of benzene rings is 1. The molecule has 98 valence electrons. The Labute approximate surface area is 113 Å². The summed E-state index contributed by atoms with van der Waals surface area (Å²) in [6, 6.07) is 2.81. The monoisotopic (exact) mass is 316 g/mol. The number of hydrogen-bond donors (Lipinski definition) is 1. The minimum atomic E-state index is -0.503. The molecule has 0 aliphatic rings. The molecule has 0 unspecified atom stereocenters. The number of ether oxygens (including phenoxy) is 2. The summed E-state index contributed by atoms with van der Waals surface area (Å²) >= 11 is 3.14. The van der Waals surface area contributed by atoms with E-state index >= 15 is 0 Å². The van der Waals surface area contributed by atoms with E-state index in [1.165, 1.54) is 19.2 Å². The van der Waals surface area contributed by atoms with Crippen molar-refractivity contribution in [1.29, 1.82) is 0 Å². The number of rotatable bonds is 6. The zero-order valence-corrected chi connectivity index (χ0v) is 11.4. The summed E-state index contributed by atoms with van der Waals surface area (Å²) in [5, 5.41) is 10.9. The van der Waals surface area contributed by atoms with Crippen molar-refractivity contribution < 1.29 is 14.4 Å². The van der Waals surface area contributed by atoms with Gasteiger partial charge in [0.2, 0.25) is 0 Å². The summed E-state index contributed by atoms with van der Waals surface area (Å²) in [6.45, 7) is 3.86. The van der Waals surface area contributed by atoms with Gasteiger partial charge in [0.15, 0.2) is 11.5 Å². The molecule has 0 amide bonds. The van der Waals surface area contributed by atoms with E-state index in [1.54, 1.807) is 0 Å². The molecule has 1 aromatic carbocycles. The van der Waals surface area contributed by atoms with E-state index in [2.05, 4.69) is 22.5 Å². The average Bonchev–Trinajstić information content (AvgIpc) is 2.34. The fraction of sp³-hybridized carbons (Fsp3) is 0.273. The van der Waals surface area contributed by atoms with Crippen molar-refractivity contribution in [2.75, 3.05) is 13.7 Å². The van der Waals surface area contributed by atoms with Crippen molar-refractivity contribution in [3.05, 3.63) is 38.9 Å². The van der Waals surface area contributed by atoms with E-state index in [0.29, 0.717) is 15.8 Å². The Balaban J connectivity index is 3.18. The first-order chi connectivity index (χ1) is 8.49. The van der Waals surface area contributed by atoms with Gasteiger partial charge in [0.1, 0.15) is 6.61 Å². The van der Waals surface area contributed by atoms with Gasteiger partial charge in [-0.25, -0.2) is 0 Å².